The Balaban J connectivity index is 2.14. The standard InChI is InChI=1S/C12H14ClN3/c1-16-11(8-4-2-3-5-8)15-10-6-9(13)7-14-12(10)16/h6-8H,2-5H2,1H3. The van der Waals surface area contributed by atoms with Gasteiger partial charge in [-0.05, 0) is 18.9 Å². The van der Waals surface area contributed by atoms with E-state index >= 15 is 0 Å². The smallest absolute Gasteiger partial charge is 0.159 e. The molecule has 1 aliphatic rings. The van der Waals surface area contributed by atoms with E-state index in [2.05, 4.69) is 14.5 Å². The summed E-state index contributed by atoms with van der Waals surface area (Å²) in [7, 11) is 2.05. The summed E-state index contributed by atoms with van der Waals surface area (Å²) < 4.78 is 2.11. The lowest BCUT2D eigenvalue weighted by atomic mass is 10.1. The lowest BCUT2D eigenvalue weighted by molar-refractivity contribution is 0.637. The topological polar surface area (TPSA) is 30.7 Å². The lowest BCUT2D eigenvalue weighted by Gasteiger charge is -2.07. The van der Waals surface area contributed by atoms with Crippen molar-refractivity contribution in [1.82, 2.24) is 14.5 Å². The first-order valence-electron chi connectivity index (χ1n) is 5.73. The minimum Gasteiger partial charge on any atom is -0.316 e. The number of rotatable bonds is 1. The van der Waals surface area contributed by atoms with E-state index < -0.39 is 0 Å². The van der Waals surface area contributed by atoms with Crippen LogP contribution in [0.2, 0.25) is 5.02 Å². The van der Waals surface area contributed by atoms with Crippen molar-refractivity contribution in [2.45, 2.75) is 31.6 Å². The number of nitrogens with zero attached hydrogens (tertiary/aromatic N) is 3. The summed E-state index contributed by atoms with van der Waals surface area (Å²) in [5.41, 5.74) is 1.85. The second-order valence-electron chi connectivity index (χ2n) is 4.51. The Labute approximate surface area is 99.5 Å². The molecule has 2 heterocycles. The average Bonchev–Trinajstić information content (AvgIpc) is 2.86. The predicted octanol–water partition coefficient (Wildman–Crippen LogP) is 3.28. The highest BCUT2D eigenvalue weighted by Gasteiger charge is 2.22. The molecule has 1 fully saturated rings. The molecule has 2 aromatic rings. The van der Waals surface area contributed by atoms with Crippen LogP contribution in [0.25, 0.3) is 11.2 Å². The van der Waals surface area contributed by atoms with Crippen molar-refractivity contribution >= 4 is 22.8 Å². The van der Waals surface area contributed by atoms with E-state index in [1.54, 1.807) is 6.20 Å². The van der Waals surface area contributed by atoms with E-state index in [1.165, 1.54) is 31.5 Å². The van der Waals surface area contributed by atoms with Crippen LogP contribution >= 0.6 is 11.6 Å². The first-order chi connectivity index (χ1) is 7.75. The van der Waals surface area contributed by atoms with Crippen molar-refractivity contribution in [3.8, 4) is 0 Å². The summed E-state index contributed by atoms with van der Waals surface area (Å²) in [6.45, 7) is 0. The third-order valence-electron chi connectivity index (χ3n) is 3.43. The van der Waals surface area contributed by atoms with Crippen LogP contribution < -0.4 is 0 Å². The minimum atomic E-state index is 0.609. The van der Waals surface area contributed by atoms with Gasteiger partial charge in [-0.25, -0.2) is 9.97 Å². The van der Waals surface area contributed by atoms with Gasteiger partial charge in [-0.2, -0.15) is 0 Å². The number of aromatic nitrogens is 3. The Hall–Kier alpha value is -1.09. The Morgan fingerprint density at radius 1 is 1.38 bits per heavy atom. The largest absolute Gasteiger partial charge is 0.316 e. The van der Waals surface area contributed by atoms with Gasteiger partial charge in [-0.1, -0.05) is 24.4 Å². The van der Waals surface area contributed by atoms with Crippen LogP contribution in [0.4, 0.5) is 0 Å². The van der Waals surface area contributed by atoms with Crippen molar-refractivity contribution in [2.75, 3.05) is 0 Å². The van der Waals surface area contributed by atoms with E-state index in [9.17, 15) is 0 Å². The molecule has 0 aliphatic heterocycles. The quantitative estimate of drug-likeness (QED) is 0.760. The van der Waals surface area contributed by atoms with Crippen molar-refractivity contribution in [3.63, 3.8) is 0 Å². The molecular formula is C12H14ClN3. The van der Waals surface area contributed by atoms with Crippen LogP contribution in [0.1, 0.15) is 37.4 Å². The molecule has 2 aromatic heterocycles. The normalized spacial score (nSPS) is 17.4. The Kier molecular flexibility index (Phi) is 2.36. The molecule has 0 unspecified atom stereocenters. The second kappa shape index (κ2) is 3.74. The van der Waals surface area contributed by atoms with Crippen LogP contribution in [0.15, 0.2) is 12.3 Å². The molecule has 0 bridgehead atoms. The predicted molar refractivity (Wildman–Crippen MR) is 64.7 cm³/mol. The zero-order valence-electron chi connectivity index (χ0n) is 9.28. The first kappa shape index (κ1) is 10.1. The van der Waals surface area contributed by atoms with Crippen molar-refractivity contribution in [3.05, 3.63) is 23.1 Å². The molecule has 84 valence electrons. The van der Waals surface area contributed by atoms with E-state index in [-0.39, 0.29) is 0 Å². The molecule has 0 N–H and O–H groups in total. The van der Waals surface area contributed by atoms with Gasteiger partial charge in [0.15, 0.2) is 5.65 Å². The fourth-order valence-electron chi connectivity index (χ4n) is 2.62. The van der Waals surface area contributed by atoms with Gasteiger partial charge in [-0.15, -0.1) is 0 Å². The third kappa shape index (κ3) is 1.50. The molecule has 1 aliphatic carbocycles. The Morgan fingerprint density at radius 2 is 2.12 bits per heavy atom. The molecule has 0 atom stereocenters. The summed E-state index contributed by atoms with van der Waals surface area (Å²) >= 11 is 5.93. The molecule has 0 amide bonds. The number of fused-ring (bicyclic) bond motifs is 1. The van der Waals surface area contributed by atoms with E-state index in [4.69, 9.17) is 11.6 Å². The molecule has 0 radical (unpaired) electrons. The third-order valence-corrected chi connectivity index (χ3v) is 3.64. The maximum Gasteiger partial charge on any atom is 0.159 e. The minimum absolute atomic E-state index is 0.609. The monoisotopic (exact) mass is 235 g/mol. The van der Waals surface area contributed by atoms with Crippen LogP contribution in [0, 0.1) is 0 Å². The maximum absolute atomic E-state index is 5.93. The zero-order chi connectivity index (χ0) is 11.1. The molecule has 0 saturated heterocycles. The number of aryl methyl sites for hydroxylation is 1. The van der Waals surface area contributed by atoms with Gasteiger partial charge in [0, 0.05) is 19.2 Å². The number of halogens is 1. The molecule has 4 heteroatoms. The highest BCUT2D eigenvalue weighted by atomic mass is 35.5. The molecule has 16 heavy (non-hydrogen) atoms. The number of hydrogen-bond acceptors (Lipinski definition) is 2. The van der Waals surface area contributed by atoms with Crippen LogP contribution in [0.5, 0.6) is 0 Å². The van der Waals surface area contributed by atoms with Crippen molar-refractivity contribution in [1.29, 1.82) is 0 Å². The van der Waals surface area contributed by atoms with Gasteiger partial charge >= 0.3 is 0 Å². The molecule has 1 saturated carbocycles. The summed E-state index contributed by atoms with van der Waals surface area (Å²) in [4.78, 5) is 9.01. The van der Waals surface area contributed by atoms with Crippen LogP contribution in [-0.2, 0) is 7.05 Å². The Morgan fingerprint density at radius 3 is 2.88 bits per heavy atom. The fourth-order valence-corrected chi connectivity index (χ4v) is 2.77. The molecule has 0 spiro atoms. The van der Waals surface area contributed by atoms with Gasteiger partial charge in [0.1, 0.15) is 11.3 Å². The molecular weight excluding hydrogens is 222 g/mol. The highest BCUT2D eigenvalue weighted by Crippen LogP contribution is 2.34. The number of hydrogen-bond donors (Lipinski definition) is 0. The maximum atomic E-state index is 5.93. The average molecular weight is 236 g/mol. The van der Waals surface area contributed by atoms with Gasteiger partial charge in [0.25, 0.3) is 0 Å². The summed E-state index contributed by atoms with van der Waals surface area (Å²) in [6.07, 6.45) is 6.84. The number of imidazole rings is 1. The molecule has 0 aromatic carbocycles. The summed E-state index contributed by atoms with van der Waals surface area (Å²) in [6, 6.07) is 1.89. The van der Waals surface area contributed by atoms with Gasteiger partial charge in [0.2, 0.25) is 0 Å². The van der Waals surface area contributed by atoms with Crippen molar-refractivity contribution < 1.29 is 0 Å². The first-order valence-corrected chi connectivity index (χ1v) is 6.11. The highest BCUT2D eigenvalue weighted by molar-refractivity contribution is 6.31. The van der Waals surface area contributed by atoms with Gasteiger partial charge in [0.05, 0.1) is 5.02 Å². The summed E-state index contributed by atoms with van der Waals surface area (Å²) in [5, 5.41) is 0.656. The van der Waals surface area contributed by atoms with Gasteiger partial charge < -0.3 is 4.57 Å². The van der Waals surface area contributed by atoms with Crippen LogP contribution in [-0.4, -0.2) is 14.5 Å². The second-order valence-corrected chi connectivity index (χ2v) is 4.94. The van der Waals surface area contributed by atoms with E-state index in [0.717, 1.165) is 11.2 Å². The lowest BCUT2D eigenvalue weighted by Crippen LogP contribution is -2.02. The fraction of sp³-hybridized carbons (Fsp3) is 0.500. The van der Waals surface area contributed by atoms with Crippen LogP contribution in [0.3, 0.4) is 0 Å². The van der Waals surface area contributed by atoms with E-state index in [0.29, 0.717) is 10.9 Å². The molecule has 3 rings (SSSR count). The summed E-state index contributed by atoms with van der Waals surface area (Å²) in [5.74, 6) is 1.78. The number of pyridine rings is 1. The Bertz CT molecular complexity index is 526. The SMILES string of the molecule is Cn1c(C2CCCC2)nc2cc(Cl)cnc21. The zero-order valence-corrected chi connectivity index (χ0v) is 10.0. The molecule has 3 nitrogen and oxygen atoms in total. The van der Waals surface area contributed by atoms with Gasteiger partial charge in [-0.3, -0.25) is 0 Å². The van der Waals surface area contributed by atoms with Crippen molar-refractivity contribution in [2.24, 2.45) is 7.05 Å². The van der Waals surface area contributed by atoms with E-state index in [1.807, 2.05) is 13.1 Å².